The van der Waals surface area contributed by atoms with Gasteiger partial charge in [-0.25, -0.2) is 0 Å². The Labute approximate surface area is 77.9 Å². The highest BCUT2D eigenvalue weighted by molar-refractivity contribution is 5.73. The zero-order valence-corrected chi connectivity index (χ0v) is 7.86. The molecule has 0 aliphatic carbocycles. The van der Waals surface area contributed by atoms with Crippen LogP contribution in [0.25, 0.3) is 0 Å². The summed E-state index contributed by atoms with van der Waals surface area (Å²) in [5.41, 5.74) is 5.45. The van der Waals surface area contributed by atoms with E-state index < -0.39 is 12.0 Å². The summed E-state index contributed by atoms with van der Waals surface area (Å²) >= 11 is 0. The van der Waals surface area contributed by atoms with Crippen LogP contribution >= 0.6 is 0 Å². The number of carboxylic acid groups (broad SMARTS) is 1. The molecular formula is C8H17N3O2. The summed E-state index contributed by atoms with van der Waals surface area (Å²) in [5, 5.41) is 11.9. The van der Waals surface area contributed by atoms with Gasteiger partial charge in [-0.15, -0.1) is 0 Å². The van der Waals surface area contributed by atoms with E-state index in [1.165, 1.54) is 0 Å². The normalized spacial score (nSPS) is 27.1. The molecule has 76 valence electrons. The van der Waals surface area contributed by atoms with Crippen molar-refractivity contribution in [2.75, 3.05) is 26.2 Å². The molecule has 1 rings (SSSR count). The third-order valence-electron chi connectivity index (χ3n) is 2.39. The van der Waals surface area contributed by atoms with Gasteiger partial charge in [-0.05, 0) is 6.92 Å². The number of hydrogen-bond donors (Lipinski definition) is 3. The summed E-state index contributed by atoms with van der Waals surface area (Å²) < 4.78 is 0. The van der Waals surface area contributed by atoms with Crippen molar-refractivity contribution >= 4 is 5.97 Å². The van der Waals surface area contributed by atoms with Crippen molar-refractivity contribution in [1.29, 1.82) is 0 Å². The van der Waals surface area contributed by atoms with E-state index >= 15 is 0 Å². The highest BCUT2D eigenvalue weighted by atomic mass is 16.4. The fraction of sp³-hybridized carbons (Fsp3) is 0.875. The van der Waals surface area contributed by atoms with Gasteiger partial charge in [0.25, 0.3) is 0 Å². The largest absolute Gasteiger partial charge is 0.480 e. The number of nitrogens with two attached hydrogens (primary N) is 1. The first-order valence-electron chi connectivity index (χ1n) is 4.54. The summed E-state index contributed by atoms with van der Waals surface area (Å²) in [6, 6.07) is -0.389. The van der Waals surface area contributed by atoms with Gasteiger partial charge in [-0.1, -0.05) is 0 Å². The molecule has 0 radical (unpaired) electrons. The second-order valence-electron chi connectivity index (χ2n) is 3.49. The van der Waals surface area contributed by atoms with Crippen LogP contribution in [-0.2, 0) is 4.79 Å². The van der Waals surface area contributed by atoms with Gasteiger partial charge in [0.2, 0.25) is 0 Å². The monoisotopic (exact) mass is 187 g/mol. The molecule has 0 aromatic heterocycles. The van der Waals surface area contributed by atoms with Crippen molar-refractivity contribution in [3.05, 3.63) is 0 Å². The Morgan fingerprint density at radius 3 is 3.08 bits per heavy atom. The number of hydrogen-bond acceptors (Lipinski definition) is 4. The van der Waals surface area contributed by atoms with E-state index in [1.807, 2.05) is 0 Å². The molecule has 0 aromatic rings. The molecule has 0 amide bonds. The zero-order chi connectivity index (χ0) is 9.84. The van der Waals surface area contributed by atoms with Gasteiger partial charge in [0.1, 0.15) is 6.04 Å². The molecule has 0 saturated carbocycles. The molecule has 5 nitrogen and oxygen atoms in total. The lowest BCUT2D eigenvalue weighted by molar-refractivity contribution is -0.139. The van der Waals surface area contributed by atoms with Crippen LogP contribution in [-0.4, -0.2) is 54.2 Å². The minimum absolute atomic E-state index is 0.374. The topological polar surface area (TPSA) is 78.6 Å². The molecule has 2 atom stereocenters. The lowest BCUT2D eigenvalue weighted by Gasteiger charge is -2.34. The summed E-state index contributed by atoms with van der Waals surface area (Å²) in [4.78, 5) is 12.6. The molecule has 1 aliphatic rings. The highest BCUT2D eigenvalue weighted by Gasteiger charge is 2.22. The molecule has 0 bridgehead atoms. The van der Waals surface area contributed by atoms with Gasteiger partial charge in [0, 0.05) is 32.2 Å². The molecule has 5 heteroatoms. The Hall–Kier alpha value is -0.650. The van der Waals surface area contributed by atoms with Crippen LogP contribution in [0.3, 0.4) is 0 Å². The minimum atomic E-state index is -0.925. The van der Waals surface area contributed by atoms with E-state index in [-0.39, 0.29) is 0 Å². The zero-order valence-electron chi connectivity index (χ0n) is 7.86. The lowest BCUT2D eigenvalue weighted by atomic mass is 10.2. The molecule has 13 heavy (non-hydrogen) atoms. The molecule has 4 N–H and O–H groups in total. The second kappa shape index (κ2) is 4.55. The molecule has 1 aliphatic heterocycles. The highest BCUT2D eigenvalue weighted by Crippen LogP contribution is 2.02. The van der Waals surface area contributed by atoms with E-state index in [2.05, 4.69) is 17.1 Å². The summed E-state index contributed by atoms with van der Waals surface area (Å²) in [6.07, 6.45) is 0. The molecule has 1 saturated heterocycles. The second-order valence-corrected chi connectivity index (χ2v) is 3.49. The predicted molar refractivity (Wildman–Crippen MR) is 49.5 cm³/mol. The van der Waals surface area contributed by atoms with Crippen LogP contribution < -0.4 is 11.1 Å². The molecule has 2 unspecified atom stereocenters. The molecule has 0 aromatic carbocycles. The SMILES string of the molecule is CC1CNCCN1CC(N)C(=O)O. The number of carboxylic acids is 1. The number of carbonyl (C=O) groups is 1. The number of piperazine rings is 1. The maximum absolute atomic E-state index is 10.5. The summed E-state index contributed by atoms with van der Waals surface area (Å²) in [6.45, 7) is 5.21. The van der Waals surface area contributed by atoms with Crippen LogP contribution in [0.15, 0.2) is 0 Å². The third-order valence-corrected chi connectivity index (χ3v) is 2.39. The van der Waals surface area contributed by atoms with E-state index in [1.54, 1.807) is 0 Å². The molecule has 0 spiro atoms. The average molecular weight is 187 g/mol. The van der Waals surface area contributed by atoms with Crippen LogP contribution in [0.5, 0.6) is 0 Å². The van der Waals surface area contributed by atoms with Crippen molar-refractivity contribution in [3.63, 3.8) is 0 Å². The van der Waals surface area contributed by atoms with Crippen molar-refractivity contribution < 1.29 is 9.90 Å². The number of aliphatic carboxylic acids is 1. The van der Waals surface area contributed by atoms with Gasteiger partial charge in [0.05, 0.1) is 0 Å². The summed E-state index contributed by atoms with van der Waals surface area (Å²) in [7, 11) is 0. The molecule has 1 heterocycles. The maximum atomic E-state index is 10.5. The molecule has 1 fully saturated rings. The fourth-order valence-electron chi connectivity index (χ4n) is 1.49. The Morgan fingerprint density at radius 2 is 2.54 bits per heavy atom. The Morgan fingerprint density at radius 1 is 1.85 bits per heavy atom. The smallest absolute Gasteiger partial charge is 0.321 e. The van der Waals surface area contributed by atoms with Gasteiger partial charge >= 0.3 is 5.97 Å². The van der Waals surface area contributed by atoms with E-state index in [0.29, 0.717) is 12.6 Å². The van der Waals surface area contributed by atoms with Crippen molar-refractivity contribution in [2.24, 2.45) is 5.73 Å². The fourth-order valence-corrected chi connectivity index (χ4v) is 1.49. The average Bonchev–Trinajstić information content (AvgIpc) is 2.08. The van der Waals surface area contributed by atoms with Crippen LogP contribution in [0, 0.1) is 0 Å². The van der Waals surface area contributed by atoms with E-state index in [0.717, 1.165) is 19.6 Å². The minimum Gasteiger partial charge on any atom is -0.480 e. The summed E-state index contributed by atoms with van der Waals surface area (Å²) in [5.74, 6) is -0.925. The first-order chi connectivity index (χ1) is 6.11. The first-order valence-corrected chi connectivity index (χ1v) is 4.54. The van der Waals surface area contributed by atoms with Gasteiger partial charge < -0.3 is 16.2 Å². The predicted octanol–water partition coefficient (Wildman–Crippen LogP) is -1.31. The lowest BCUT2D eigenvalue weighted by Crippen LogP contribution is -2.54. The quantitative estimate of drug-likeness (QED) is 0.511. The number of rotatable bonds is 3. The number of nitrogens with one attached hydrogen (secondary N) is 1. The van der Waals surface area contributed by atoms with Crippen LogP contribution in [0.1, 0.15) is 6.92 Å². The number of nitrogens with zero attached hydrogens (tertiary/aromatic N) is 1. The van der Waals surface area contributed by atoms with Gasteiger partial charge in [-0.3, -0.25) is 9.69 Å². The van der Waals surface area contributed by atoms with E-state index in [4.69, 9.17) is 10.8 Å². The van der Waals surface area contributed by atoms with Crippen LogP contribution in [0.4, 0.5) is 0 Å². The van der Waals surface area contributed by atoms with Gasteiger partial charge in [-0.2, -0.15) is 0 Å². The third kappa shape index (κ3) is 2.95. The van der Waals surface area contributed by atoms with Gasteiger partial charge in [0.15, 0.2) is 0 Å². The van der Waals surface area contributed by atoms with Crippen molar-refractivity contribution in [2.45, 2.75) is 19.0 Å². The Balaban J connectivity index is 2.37. The maximum Gasteiger partial charge on any atom is 0.321 e. The Bertz CT molecular complexity index is 186. The van der Waals surface area contributed by atoms with Crippen molar-refractivity contribution in [1.82, 2.24) is 10.2 Å². The molecular weight excluding hydrogens is 170 g/mol. The Kier molecular flexibility index (Phi) is 3.65. The van der Waals surface area contributed by atoms with Crippen molar-refractivity contribution in [3.8, 4) is 0 Å². The van der Waals surface area contributed by atoms with E-state index in [9.17, 15) is 4.79 Å². The van der Waals surface area contributed by atoms with Crippen LogP contribution in [0.2, 0.25) is 0 Å². The first kappa shape index (κ1) is 10.4. The standard InChI is InChI=1S/C8H17N3O2/c1-6-4-10-2-3-11(6)5-7(9)8(12)13/h6-7,10H,2-5,9H2,1H3,(H,12,13).